The van der Waals surface area contributed by atoms with Gasteiger partial charge in [-0.3, -0.25) is 0 Å². The highest BCUT2D eigenvalue weighted by Crippen LogP contribution is 2.66. The van der Waals surface area contributed by atoms with E-state index in [4.69, 9.17) is 37.9 Å². The van der Waals surface area contributed by atoms with Crippen molar-refractivity contribution in [2.75, 3.05) is 97.0 Å². The van der Waals surface area contributed by atoms with E-state index in [9.17, 15) is 0 Å². The normalized spacial score (nSPS) is 22.8. The summed E-state index contributed by atoms with van der Waals surface area (Å²) >= 11 is 0. The van der Waals surface area contributed by atoms with Crippen LogP contribution >= 0.6 is 0 Å². The summed E-state index contributed by atoms with van der Waals surface area (Å²) in [5, 5.41) is 0. The highest BCUT2D eigenvalue weighted by atomic mass is 16.5. The monoisotopic (exact) mass is 917 g/mol. The predicted molar refractivity (Wildman–Crippen MR) is 275 cm³/mol. The molecule has 0 spiro atoms. The van der Waals surface area contributed by atoms with E-state index in [0.717, 1.165) is 49.2 Å². The van der Waals surface area contributed by atoms with Gasteiger partial charge in [-0.25, -0.2) is 0 Å². The summed E-state index contributed by atoms with van der Waals surface area (Å²) in [4.78, 5) is 0. The minimum Gasteiger partial charge on any atom is -0.491 e. The molecule has 1 aromatic rings. The second-order valence-electron chi connectivity index (χ2n) is 20.2. The molecule has 2 bridgehead atoms. The Kier molecular flexibility index (Phi) is 47.9. The smallest absolute Gasteiger partial charge is 0.119 e. The molecule has 1 aromatic carbocycles. The molecule has 64 heavy (non-hydrogen) atoms. The van der Waals surface area contributed by atoms with Crippen LogP contribution in [-0.2, 0) is 37.9 Å². The van der Waals surface area contributed by atoms with E-state index in [-0.39, 0.29) is 0 Å². The lowest BCUT2D eigenvalue weighted by Crippen LogP contribution is -2.36. The molecule has 3 fully saturated rings. The molecule has 9 heteroatoms. The number of unbranched alkanes of at least 4 members (excludes halogenated alkanes) is 1. The second-order valence-corrected chi connectivity index (χ2v) is 20.2. The van der Waals surface area contributed by atoms with E-state index >= 15 is 0 Å². The van der Waals surface area contributed by atoms with Gasteiger partial charge in [-0.15, -0.1) is 0 Å². The molecule has 386 valence electrons. The van der Waals surface area contributed by atoms with Crippen LogP contribution in [0.25, 0.3) is 0 Å². The summed E-state index contributed by atoms with van der Waals surface area (Å²) in [5.41, 5.74) is 0.958. The van der Waals surface area contributed by atoms with E-state index in [0.29, 0.717) is 60.1 Å². The molecule has 0 N–H and O–H groups in total. The lowest BCUT2D eigenvalue weighted by atomic mass is 9.70. The summed E-state index contributed by atoms with van der Waals surface area (Å²) in [7, 11) is 15.6. The zero-order chi connectivity index (χ0) is 50.1. The maximum atomic E-state index is 5.58. The first kappa shape index (κ1) is 69.3. The van der Waals surface area contributed by atoms with Gasteiger partial charge in [0.05, 0.1) is 24.9 Å². The molecule has 4 rings (SSSR count). The third-order valence-corrected chi connectivity index (χ3v) is 12.4. The molecular formula is C55H112O9. The summed E-state index contributed by atoms with van der Waals surface area (Å²) in [6.07, 6.45) is 13.3. The van der Waals surface area contributed by atoms with Crippen molar-refractivity contribution in [3.63, 3.8) is 0 Å². The molecular weight excluding hydrogens is 805 g/mol. The Morgan fingerprint density at radius 1 is 0.625 bits per heavy atom. The molecule has 7 unspecified atom stereocenters. The molecule has 0 aromatic heterocycles. The highest BCUT2D eigenvalue weighted by molar-refractivity contribution is 5.20. The maximum absolute atomic E-state index is 5.58. The van der Waals surface area contributed by atoms with Crippen molar-refractivity contribution in [1.29, 1.82) is 0 Å². The molecule has 9 nitrogen and oxygen atoms in total. The zero-order valence-electron chi connectivity index (χ0n) is 46.7. The average molecular weight is 917 g/mol. The lowest BCUT2D eigenvalue weighted by Gasteiger charge is -2.38. The van der Waals surface area contributed by atoms with Gasteiger partial charge in [0.15, 0.2) is 0 Å². The number of fused-ring (bicyclic) bond motifs is 2. The van der Waals surface area contributed by atoms with Crippen molar-refractivity contribution in [1.82, 2.24) is 0 Å². The molecule has 0 radical (unpaired) electrons. The van der Waals surface area contributed by atoms with Crippen molar-refractivity contribution in [2.45, 2.75) is 173 Å². The number of hydrogen-bond donors (Lipinski definition) is 0. The largest absolute Gasteiger partial charge is 0.491 e. The molecule has 0 heterocycles. The van der Waals surface area contributed by atoms with Gasteiger partial charge >= 0.3 is 0 Å². The highest BCUT2D eigenvalue weighted by Gasteiger charge is 2.61. The SMILES string of the molecule is CCCCC(C)OC.COC.COC1CC(C)CCC1C(C)C.COC1CC2CCC1(C)C2(C)C.COCC(C)C.COCC(C)C.COCC(C)C.COCCOc1ccccc1. The summed E-state index contributed by atoms with van der Waals surface area (Å²) in [6.45, 7) is 35.2. The first-order valence-corrected chi connectivity index (χ1v) is 24.8. The van der Waals surface area contributed by atoms with E-state index in [1.54, 1.807) is 49.8 Å². The van der Waals surface area contributed by atoms with Crippen molar-refractivity contribution in [3.05, 3.63) is 30.3 Å². The molecule has 3 aliphatic rings. The Hall–Kier alpha value is -1.30. The summed E-state index contributed by atoms with van der Waals surface area (Å²) in [5.74, 6) is 6.27. The van der Waals surface area contributed by atoms with Crippen LogP contribution in [0.4, 0.5) is 0 Å². The van der Waals surface area contributed by atoms with Gasteiger partial charge in [-0.05, 0) is 110 Å². The molecule has 0 amide bonds. The van der Waals surface area contributed by atoms with Gasteiger partial charge in [-0.1, -0.05) is 127 Å². The van der Waals surface area contributed by atoms with Gasteiger partial charge in [0.2, 0.25) is 0 Å². The van der Waals surface area contributed by atoms with Crippen LogP contribution in [-0.4, -0.2) is 115 Å². The number of rotatable bonds is 17. The van der Waals surface area contributed by atoms with Gasteiger partial charge < -0.3 is 42.6 Å². The first-order valence-electron chi connectivity index (χ1n) is 24.8. The Labute approximate surface area is 399 Å². The quantitative estimate of drug-likeness (QED) is 0.142. The number of para-hydroxylation sites is 1. The molecule has 7 atom stereocenters. The molecule has 3 aliphatic carbocycles. The topological polar surface area (TPSA) is 83.1 Å². The number of ether oxygens (including phenoxy) is 9. The maximum Gasteiger partial charge on any atom is 0.119 e. The fraction of sp³-hybridized carbons (Fsp3) is 0.891. The van der Waals surface area contributed by atoms with E-state index in [1.165, 1.54) is 57.8 Å². The lowest BCUT2D eigenvalue weighted by molar-refractivity contribution is -0.0200. The van der Waals surface area contributed by atoms with E-state index < -0.39 is 0 Å². The van der Waals surface area contributed by atoms with Crippen molar-refractivity contribution in [3.8, 4) is 5.75 Å². The summed E-state index contributed by atoms with van der Waals surface area (Å²) < 4.78 is 45.0. The Balaban J connectivity index is -0.000000331. The van der Waals surface area contributed by atoms with Crippen LogP contribution in [0.3, 0.4) is 0 Å². The van der Waals surface area contributed by atoms with Crippen LogP contribution in [0.2, 0.25) is 0 Å². The summed E-state index contributed by atoms with van der Waals surface area (Å²) in [6, 6.07) is 9.71. The minimum atomic E-state index is 0.451. The Bertz CT molecular complexity index is 1040. The van der Waals surface area contributed by atoms with Crippen molar-refractivity contribution >= 4 is 0 Å². The van der Waals surface area contributed by atoms with Crippen molar-refractivity contribution < 1.29 is 42.6 Å². The number of hydrogen-bond acceptors (Lipinski definition) is 9. The van der Waals surface area contributed by atoms with Crippen LogP contribution in [0.1, 0.15) is 155 Å². The van der Waals surface area contributed by atoms with E-state index in [1.807, 2.05) is 44.6 Å². The fourth-order valence-electron chi connectivity index (χ4n) is 8.24. The Morgan fingerprint density at radius 3 is 1.42 bits per heavy atom. The van der Waals surface area contributed by atoms with Gasteiger partial charge in [0, 0.05) is 83.8 Å². The van der Waals surface area contributed by atoms with Crippen LogP contribution in [0.15, 0.2) is 30.3 Å². The van der Waals surface area contributed by atoms with E-state index in [2.05, 4.69) is 102 Å². The predicted octanol–water partition coefficient (Wildman–Crippen LogP) is 14.0. The van der Waals surface area contributed by atoms with Crippen LogP contribution < -0.4 is 4.74 Å². The fourth-order valence-corrected chi connectivity index (χ4v) is 8.24. The van der Waals surface area contributed by atoms with Crippen LogP contribution in [0.5, 0.6) is 5.75 Å². The zero-order valence-corrected chi connectivity index (χ0v) is 46.7. The molecule has 0 aliphatic heterocycles. The van der Waals surface area contributed by atoms with Gasteiger partial charge in [-0.2, -0.15) is 0 Å². The minimum absolute atomic E-state index is 0.451. The average Bonchev–Trinajstić information content (AvgIpc) is 3.58. The Morgan fingerprint density at radius 2 is 1.12 bits per heavy atom. The van der Waals surface area contributed by atoms with Gasteiger partial charge in [0.1, 0.15) is 12.4 Å². The van der Waals surface area contributed by atoms with Crippen molar-refractivity contribution in [2.24, 2.45) is 52.3 Å². The number of benzene rings is 1. The molecule has 3 saturated carbocycles. The third kappa shape index (κ3) is 34.9. The second kappa shape index (κ2) is 44.2. The van der Waals surface area contributed by atoms with Gasteiger partial charge in [0.25, 0.3) is 0 Å². The third-order valence-electron chi connectivity index (χ3n) is 12.4. The first-order chi connectivity index (χ1) is 30.1. The molecule has 0 saturated heterocycles. The van der Waals surface area contributed by atoms with Crippen LogP contribution in [0, 0.1) is 52.3 Å². The number of methoxy groups -OCH3 is 8. The standard InChI is InChI=1S/C11H20O.C11H22O.C9H12O2.C7H16O.3C5H12O.C2H6O/c1-10(2)8-5-6-11(10,3)9(7-8)12-4;1-8(2)10-6-5-9(3)7-11(10)12-4;1-10-7-8-11-9-5-3-2-4-6-9;1-4-5-6-7(2)8-3;3*1-5(2)4-6-3;1-3-2/h8-9H,5-7H2,1-4H3;8-11H,5-7H2,1-4H3;2-6H,7-8H2,1H3;7H,4-6H2,1-3H3;3*5H,4H2,1-3H3;1-2H3.